The Morgan fingerprint density at radius 3 is 2.24 bits per heavy atom. The molecule has 0 saturated carbocycles. The first kappa shape index (κ1) is 13.9. The van der Waals surface area contributed by atoms with Crippen molar-refractivity contribution in [3.8, 4) is 0 Å². The predicted molar refractivity (Wildman–Crippen MR) is 65.9 cm³/mol. The van der Waals surface area contributed by atoms with Crippen molar-refractivity contribution in [2.45, 2.75) is 26.3 Å². The van der Waals surface area contributed by atoms with Gasteiger partial charge in [0.2, 0.25) is 22.4 Å². The van der Waals surface area contributed by atoms with Gasteiger partial charge in [-0.25, -0.2) is 0 Å². The highest BCUT2D eigenvalue weighted by Crippen LogP contribution is 2.13. The van der Waals surface area contributed by atoms with E-state index in [9.17, 15) is 4.79 Å². The highest BCUT2D eigenvalue weighted by atomic mass is 35.5. The molecule has 1 rings (SSSR count). The molecule has 6 nitrogen and oxygen atoms in total. The van der Waals surface area contributed by atoms with Crippen LogP contribution in [0.4, 0.5) is 5.95 Å². The third-order valence-corrected chi connectivity index (χ3v) is 2.27. The fourth-order valence-electron chi connectivity index (χ4n) is 1.26. The molecule has 0 bridgehead atoms. The normalized spacial score (nSPS) is 12.5. The molecule has 8 heteroatoms. The number of anilines is 1. The quantitative estimate of drug-likeness (QED) is 0.851. The average Bonchev–Trinajstić information content (AvgIpc) is 2.13. The van der Waals surface area contributed by atoms with E-state index in [0.717, 1.165) is 0 Å². The van der Waals surface area contributed by atoms with Crippen LogP contribution in [-0.2, 0) is 4.79 Å². The van der Waals surface area contributed by atoms with Gasteiger partial charge in [-0.1, -0.05) is 13.8 Å². The summed E-state index contributed by atoms with van der Waals surface area (Å²) in [6.07, 6.45) is 0.566. The number of hydrogen-bond acceptors (Lipinski definition) is 5. The Labute approximate surface area is 109 Å². The largest absolute Gasteiger partial charge is 0.368 e. The van der Waals surface area contributed by atoms with Gasteiger partial charge in [0.1, 0.15) is 6.04 Å². The van der Waals surface area contributed by atoms with Crippen molar-refractivity contribution >= 4 is 35.1 Å². The van der Waals surface area contributed by atoms with Crippen molar-refractivity contribution in [1.82, 2.24) is 15.0 Å². The van der Waals surface area contributed by atoms with Crippen LogP contribution in [0.2, 0.25) is 10.6 Å². The van der Waals surface area contributed by atoms with Crippen LogP contribution in [0, 0.1) is 5.92 Å². The zero-order valence-electron chi connectivity index (χ0n) is 9.44. The lowest BCUT2D eigenvalue weighted by atomic mass is 10.0. The average molecular weight is 278 g/mol. The molecular weight excluding hydrogens is 265 g/mol. The maximum atomic E-state index is 11.2. The number of nitrogens with zero attached hydrogens (tertiary/aromatic N) is 3. The Hall–Kier alpha value is -1.14. The summed E-state index contributed by atoms with van der Waals surface area (Å²) in [5.41, 5.74) is 5.27. The Morgan fingerprint density at radius 1 is 1.29 bits per heavy atom. The molecule has 1 aromatic rings. The summed E-state index contributed by atoms with van der Waals surface area (Å²) in [5, 5.41) is 2.70. The lowest BCUT2D eigenvalue weighted by Crippen LogP contribution is -2.37. The van der Waals surface area contributed by atoms with Gasteiger partial charge in [-0.3, -0.25) is 4.79 Å². The van der Waals surface area contributed by atoms with Gasteiger partial charge in [0.05, 0.1) is 0 Å². The van der Waals surface area contributed by atoms with Crippen molar-refractivity contribution in [3.05, 3.63) is 10.6 Å². The Bertz CT molecular complexity index is 392. The van der Waals surface area contributed by atoms with Gasteiger partial charge in [0, 0.05) is 0 Å². The number of carbonyl (C=O) groups is 1. The van der Waals surface area contributed by atoms with Gasteiger partial charge in [0.25, 0.3) is 0 Å². The van der Waals surface area contributed by atoms with E-state index in [1.165, 1.54) is 0 Å². The molecule has 0 saturated heterocycles. The van der Waals surface area contributed by atoms with E-state index in [4.69, 9.17) is 28.9 Å². The topological polar surface area (TPSA) is 93.8 Å². The summed E-state index contributed by atoms with van der Waals surface area (Å²) in [6.45, 7) is 3.95. The molecule has 0 aliphatic rings. The van der Waals surface area contributed by atoms with Crippen LogP contribution in [0.15, 0.2) is 0 Å². The van der Waals surface area contributed by atoms with Crippen LogP contribution in [0.25, 0.3) is 0 Å². The van der Waals surface area contributed by atoms with Crippen LogP contribution in [0.1, 0.15) is 20.3 Å². The van der Waals surface area contributed by atoms with Gasteiger partial charge >= 0.3 is 0 Å². The molecular formula is C9H13Cl2N5O. The zero-order valence-corrected chi connectivity index (χ0v) is 11.0. The summed E-state index contributed by atoms with van der Waals surface area (Å²) < 4.78 is 0. The summed E-state index contributed by atoms with van der Waals surface area (Å²) in [5.74, 6) is -0.0430. The van der Waals surface area contributed by atoms with Crippen molar-refractivity contribution in [1.29, 1.82) is 0 Å². The molecule has 1 amide bonds. The van der Waals surface area contributed by atoms with E-state index in [2.05, 4.69) is 20.3 Å². The molecule has 0 aromatic carbocycles. The smallest absolute Gasteiger partial charge is 0.240 e. The highest BCUT2D eigenvalue weighted by molar-refractivity contribution is 6.31. The molecule has 94 valence electrons. The lowest BCUT2D eigenvalue weighted by Gasteiger charge is -2.17. The van der Waals surface area contributed by atoms with E-state index in [-0.39, 0.29) is 16.5 Å². The molecule has 1 unspecified atom stereocenters. The number of halogens is 2. The first-order chi connectivity index (χ1) is 7.88. The summed E-state index contributed by atoms with van der Waals surface area (Å²) >= 11 is 11.2. The molecule has 1 aromatic heterocycles. The standard InChI is InChI=1S/C9H13Cl2N5O/c1-4(2)3-5(6(12)17)13-9-15-7(10)14-8(11)16-9/h4-5H,3H2,1-2H3,(H2,12,17)(H,13,14,15,16). The molecule has 1 atom stereocenters. The molecule has 1 heterocycles. The Kier molecular flexibility index (Phi) is 4.89. The molecule has 0 radical (unpaired) electrons. The third kappa shape index (κ3) is 4.70. The van der Waals surface area contributed by atoms with Gasteiger partial charge in [-0.15, -0.1) is 0 Å². The number of rotatable bonds is 5. The van der Waals surface area contributed by atoms with Crippen LogP contribution in [0.5, 0.6) is 0 Å². The number of amides is 1. The molecule has 0 aliphatic heterocycles. The second-order valence-corrected chi connectivity index (χ2v) is 4.60. The first-order valence-electron chi connectivity index (χ1n) is 5.01. The fraction of sp³-hybridized carbons (Fsp3) is 0.556. The Morgan fingerprint density at radius 2 is 1.82 bits per heavy atom. The van der Waals surface area contributed by atoms with Crippen molar-refractivity contribution in [2.24, 2.45) is 11.7 Å². The lowest BCUT2D eigenvalue weighted by molar-refractivity contribution is -0.119. The molecule has 0 aliphatic carbocycles. The maximum absolute atomic E-state index is 11.2. The third-order valence-electron chi connectivity index (χ3n) is 1.93. The van der Waals surface area contributed by atoms with E-state index >= 15 is 0 Å². The van der Waals surface area contributed by atoms with Crippen molar-refractivity contribution in [3.63, 3.8) is 0 Å². The van der Waals surface area contributed by atoms with Crippen molar-refractivity contribution in [2.75, 3.05) is 5.32 Å². The van der Waals surface area contributed by atoms with Crippen molar-refractivity contribution < 1.29 is 4.79 Å². The van der Waals surface area contributed by atoms with Crippen LogP contribution in [0.3, 0.4) is 0 Å². The van der Waals surface area contributed by atoms with E-state index in [1.54, 1.807) is 0 Å². The highest BCUT2D eigenvalue weighted by Gasteiger charge is 2.18. The molecule has 3 N–H and O–H groups in total. The monoisotopic (exact) mass is 277 g/mol. The van der Waals surface area contributed by atoms with Gasteiger partial charge in [-0.05, 0) is 35.5 Å². The number of nitrogens with two attached hydrogens (primary N) is 1. The van der Waals surface area contributed by atoms with E-state index in [1.807, 2.05) is 13.8 Å². The minimum Gasteiger partial charge on any atom is -0.368 e. The summed E-state index contributed by atoms with van der Waals surface area (Å²) in [7, 11) is 0. The summed E-state index contributed by atoms with van der Waals surface area (Å²) in [4.78, 5) is 22.4. The number of aromatic nitrogens is 3. The minimum atomic E-state index is -0.565. The number of carbonyl (C=O) groups excluding carboxylic acids is 1. The minimum absolute atomic E-state index is 0.0414. The SMILES string of the molecule is CC(C)CC(Nc1nc(Cl)nc(Cl)n1)C(N)=O. The van der Waals surface area contributed by atoms with Gasteiger partial charge in [-0.2, -0.15) is 15.0 Å². The first-order valence-corrected chi connectivity index (χ1v) is 5.77. The zero-order chi connectivity index (χ0) is 13.0. The second kappa shape index (κ2) is 5.97. The maximum Gasteiger partial charge on any atom is 0.240 e. The van der Waals surface area contributed by atoms with Crippen LogP contribution < -0.4 is 11.1 Å². The molecule has 0 fully saturated rings. The number of primary amides is 1. The number of nitrogens with one attached hydrogen (secondary N) is 1. The predicted octanol–water partition coefficient (Wildman–Crippen LogP) is 1.49. The van der Waals surface area contributed by atoms with Gasteiger partial charge in [0.15, 0.2) is 0 Å². The van der Waals surface area contributed by atoms with E-state index in [0.29, 0.717) is 12.3 Å². The summed E-state index contributed by atoms with van der Waals surface area (Å²) in [6, 6.07) is -0.565. The van der Waals surface area contributed by atoms with Crippen LogP contribution in [-0.4, -0.2) is 26.9 Å². The molecule has 17 heavy (non-hydrogen) atoms. The second-order valence-electron chi connectivity index (χ2n) is 3.93. The molecule has 0 spiro atoms. The number of hydrogen-bond donors (Lipinski definition) is 2. The van der Waals surface area contributed by atoms with Crippen LogP contribution >= 0.6 is 23.2 Å². The van der Waals surface area contributed by atoms with E-state index < -0.39 is 11.9 Å². The fourth-order valence-corrected chi connectivity index (χ4v) is 1.63. The van der Waals surface area contributed by atoms with Gasteiger partial charge < -0.3 is 11.1 Å². The Balaban J connectivity index is 2.82.